The van der Waals surface area contributed by atoms with Gasteiger partial charge in [-0.15, -0.1) is 0 Å². The first-order chi connectivity index (χ1) is 10.7. The second kappa shape index (κ2) is 8.18. The molecule has 0 radical (unpaired) electrons. The van der Waals surface area contributed by atoms with Gasteiger partial charge in [-0.25, -0.2) is 0 Å². The van der Waals surface area contributed by atoms with E-state index in [1.165, 1.54) is 32.1 Å². The highest BCUT2D eigenvalue weighted by Crippen LogP contribution is 2.36. The zero-order valence-corrected chi connectivity index (χ0v) is 13.6. The quantitative estimate of drug-likeness (QED) is 0.502. The second-order valence-corrected chi connectivity index (χ2v) is 5.96. The SMILES string of the molecule is CCCCCCCCOC1(C)COc2cc(C=O)ccc2O1. The Bertz CT molecular complexity index is 486. The van der Waals surface area contributed by atoms with Gasteiger partial charge < -0.3 is 14.2 Å². The van der Waals surface area contributed by atoms with Crippen LogP contribution >= 0.6 is 0 Å². The molecule has 0 N–H and O–H groups in total. The van der Waals surface area contributed by atoms with Crippen LogP contribution in [0, 0.1) is 0 Å². The van der Waals surface area contributed by atoms with Crippen molar-refractivity contribution in [3.8, 4) is 11.5 Å². The van der Waals surface area contributed by atoms with Gasteiger partial charge in [-0.2, -0.15) is 0 Å². The van der Waals surface area contributed by atoms with E-state index in [1.54, 1.807) is 18.2 Å². The van der Waals surface area contributed by atoms with E-state index < -0.39 is 5.79 Å². The maximum Gasteiger partial charge on any atom is 0.242 e. The monoisotopic (exact) mass is 306 g/mol. The molecule has 0 saturated heterocycles. The Kier molecular flexibility index (Phi) is 6.25. The van der Waals surface area contributed by atoms with E-state index in [-0.39, 0.29) is 0 Å². The number of hydrogen-bond acceptors (Lipinski definition) is 4. The standard InChI is InChI=1S/C18H26O4/c1-3-4-5-6-7-8-11-21-18(2)14-20-17-12-15(13-19)9-10-16(17)22-18/h9-10,12-13H,3-8,11,14H2,1-2H3. The van der Waals surface area contributed by atoms with Crippen LogP contribution in [0.15, 0.2) is 18.2 Å². The van der Waals surface area contributed by atoms with Crippen molar-refractivity contribution in [1.29, 1.82) is 0 Å². The van der Waals surface area contributed by atoms with Gasteiger partial charge in [0.25, 0.3) is 0 Å². The predicted molar refractivity (Wildman–Crippen MR) is 85.7 cm³/mol. The molecular weight excluding hydrogens is 280 g/mol. The summed E-state index contributed by atoms with van der Waals surface area (Å²) < 4.78 is 17.5. The molecule has 0 bridgehead atoms. The number of carbonyl (C=O) groups is 1. The minimum atomic E-state index is -0.751. The number of aldehydes is 1. The topological polar surface area (TPSA) is 44.8 Å². The summed E-state index contributed by atoms with van der Waals surface area (Å²) in [5, 5.41) is 0. The first kappa shape index (κ1) is 16.8. The van der Waals surface area contributed by atoms with Crippen LogP contribution in [0.25, 0.3) is 0 Å². The number of benzene rings is 1. The minimum absolute atomic E-state index is 0.331. The van der Waals surface area contributed by atoms with Crippen molar-refractivity contribution in [2.24, 2.45) is 0 Å². The van der Waals surface area contributed by atoms with Gasteiger partial charge in [0.05, 0.1) is 6.61 Å². The van der Waals surface area contributed by atoms with Gasteiger partial charge in [0.15, 0.2) is 18.1 Å². The number of hydrogen-bond donors (Lipinski definition) is 0. The Hall–Kier alpha value is -1.55. The first-order valence-electron chi connectivity index (χ1n) is 8.22. The van der Waals surface area contributed by atoms with E-state index in [0.717, 1.165) is 12.7 Å². The van der Waals surface area contributed by atoms with Crippen LogP contribution in [0.3, 0.4) is 0 Å². The van der Waals surface area contributed by atoms with Crippen molar-refractivity contribution in [1.82, 2.24) is 0 Å². The summed E-state index contributed by atoms with van der Waals surface area (Å²) in [4.78, 5) is 10.8. The third-order valence-corrected chi connectivity index (χ3v) is 3.82. The highest BCUT2D eigenvalue weighted by molar-refractivity contribution is 5.76. The Balaban J connectivity index is 1.76. The molecule has 22 heavy (non-hydrogen) atoms. The molecule has 2 rings (SSSR count). The lowest BCUT2D eigenvalue weighted by molar-refractivity contribution is -0.200. The molecule has 0 amide bonds. The van der Waals surface area contributed by atoms with Crippen LogP contribution in [-0.2, 0) is 4.74 Å². The van der Waals surface area contributed by atoms with Crippen molar-refractivity contribution >= 4 is 6.29 Å². The Morgan fingerprint density at radius 1 is 1.18 bits per heavy atom. The number of fused-ring (bicyclic) bond motifs is 1. The van der Waals surface area contributed by atoms with Crippen molar-refractivity contribution in [2.75, 3.05) is 13.2 Å². The molecule has 1 aliphatic heterocycles. The molecule has 0 spiro atoms. The lowest BCUT2D eigenvalue weighted by atomic mass is 10.1. The van der Waals surface area contributed by atoms with E-state index in [1.807, 2.05) is 6.92 Å². The summed E-state index contributed by atoms with van der Waals surface area (Å²) in [5.41, 5.74) is 0.582. The Labute approximate surface area is 132 Å². The molecule has 4 nitrogen and oxygen atoms in total. The fourth-order valence-corrected chi connectivity index (χ4v) is 2.51. The lowest BCUT2D eigenvalue weighted by Gasteiger charge is -2.35. The fraction of sp³-hybridized carbons (Fsp3) is 0.611. The highest BCUT2D eigenvalue weighted by Gasteiger charge is 2.34. The fourth-order valence-electron chi connectivity index (χ4n) is 2.51. The second-order valence-electron chi connectivity index (χ2n) is 5.96. The molecule has 1 aliphatic rings. The molecule has 0 aromatic heterocycles. The van der Waals surface area contributed by atoms with Crippen molar-refractivity contribution in [3.63, 3.8) is 0 Å². The van der Waals surface area contributed by atoms with Crippen LogP contribution in [0.2, 0.25) is 0 Å². The van der Waals surface area contributed by atoms with Crippen molar-refractivity contribution in [2.45, 2.75) is 58.2 Å². The van der Waals surface area contributed by atoms with Gasteiger partial charge in [0.1, 0.15) is 6.29 Å². The summed E-state index contributed by atoms with van der Waals surface area (Å²) in [6, 6.07) is 5.16. The van der Waals surface area contributed by atoms with Crippen molar-refractivity contribution < 1.29 is 19.0 Å². The van der Waals surface area contributed by atoms with Crippen LogP contribution in [0.5, 0.6) is 11.5 Å². The maximum absolute atomic E-state index is 10.8. The molecule has 4 heteroatoms. The van der Waals surface area contributed by atoms with Crippen molar-refractivity contribution in [3.05, 3.63) is 23.8 Å². The maximum atomic E-state index is 10.8. The predicted octanol–water partition coefficient (Wildman–Crippen LogP) is 4.36. The van der Waals surface area contributed by atoms with E-state index in [2.05, 4.69) is 6.92 Å². The molecule has 0 aliphatic carbocycles. The minimum Gasteiger partial charge on any atom is -0.483 e. The van der Waals surface area contributed by atoms with Crippen LogP contribution in [0.4, 0.5) is 0 Å². The normalized spacial score (nSPS) is 19.9. The molecule has 1 aromatic carbocycles. The molecule has 0 fully saturated rings. The zero-order valence-electron chi connectivity index (χ0n) is 13.6. The van der Waals surface area contributed by atoms with Gasteiger partial charge in [0, 0.05) is 12.5 Å². The molecule has 1 atom stereocenters. The zero-order chi connectivity index (χ0) is 15.8. The van der Waals surface area contributed by atoms with E-state index >= 15 is 0 Å². The number of unbranched alkanes of at least 4 members (excludes halogenated alkanes) is 5. The molecule has 1 unspecified atom stereocenters. The molecule has 1 aromatic rings. The first-order valence-corrected chi connectivity index (χ1v) is 8.22. The molecule has 0 saturated carbocycles. The van der Waals surface area contributed by atoms with E-state index in [9.17, 15) is 4.79 Å². The molecule has 122 valence electrons. The highest BCUT2D eigenvalue weighted by atomic mass is 16.7. The Morgan fingerprint density at radius 3 is 2.73 bits per heavy atom. The summed E-state index contributed by atoms with van der Waals surface area (Å²) >= 11 is 0. The summed E-state index contributed by atoms with van der Waals surface area (Å²) in [7, 11) is 0. The summed E-state index contributed by atoms with van der Waals surface area (Å²) in [5.74, 6) is 0.478. The average molecular weight is 306 g/mol. The number of carbonyl (C=O) groups excluding carboxylic acids is 1. The third kappa shape index (κ3) is 4.73. The van der Waals surface area contributed by atoms with Gasteiger partial charge in [-0.3, -0.25) is 4.79 Å². The van der Waals surface area contributed by atoms with Gasteiger partial charge in [-0.1, -0.05) is 39.0 Å². The van der Waals surface area contributed by atoms with Crippen LogP contribution in [0.1, 0.15) is 62.7 Å². The number of rotatable bonds is 9. The van der Waals surface area contributed by atoms with Gasteiger partial charge in [0.2, 0.25) is 5.79 Å². The third-order valence-electron chi connectivity index (χ3n) is 3.82. The van der Waals surface area contributed by atoms with Crippen LogP contribution < -0.4 is 9.47 Å². The molecule has 1 heterocycles. The van der Waals surface area contributed by atoms with Crippen LogP contribution in [-0.4, -0.2) is 25.3 Å². The average Bonchev–Trinajstić information content (AvgIpc) is 2.53. The number of ether oxygens (including phenoxy) is 3. The van der Waals surface area contributed by atoms with E-state index in [4.69, 9.17) is 14.2 Å². The Morgan fingerprint density at radius 2 is 1.95 bits per heavy atom. The van der Waals surface area contributed by atoms with Gasteiger partial charge in [-0.05, 0) is 24.6 Å². The summed E-state index contributed by atoms with van der Waals surface area (Å²) in [6.07, 6.45) is 8.19. The molecular formula is C18H26O4. The largest absolute Gasteiger partial charge is 0.483 e. The summed E-state index contributed by atoms with van der Waals surface area (Å²) in [6.45, 7) is 5.12. The lowest BCUT2D eigenvalue weighted by Crippen LogP contribution is -2.44. The van der Waals surface area contributed by atoms with Gasteiger partial charge >= 0.3 is 0 Å². The van der Waals surface area contributed by atoms with E-state index in [0.29, 0.717) is 30.3 Å². The smallest absolute Gasteiger partial charge is 0.242 e.